The maximum absolute atomic E-state index is 12.9. The Kier molecular flexibility index (Phi) is 36.6. The molecule has 0 bridgehead atoms. The Morgan fingerprint density at radius 3 is 1.63 bits per heavy atom. The van der Waals surface area contributed by atoms with E-state index in [9.17, 15) is 28.5 Å². The zero-order valence-electron chi connectivity index (χ0n) is 37.5. The Morgan fingerprint density at radius 2 is 1.10 bits per heavy atom. The van der Waals surface area contributed by atoms with Gasteiger partial charge in [-0.25, -0.2) is 4.18 Å². The molecule has 1 fully saturated rings. The fourth-order valence-corrected chi connectivity index (χ4v) is 7.62. The number of hydrogen-bond donors (Lipinski definition) is 4. The summed E-state index contributed by atoms with van der Waals surface area (Å²) in [4.78, 5) is 12.9. The molecular formula is C47H86O12S. The average Bonchev–Trinajstić information content (AvgIpc) is 3.22. The molecule has 0 radical (unpaired) electrons. The number of carbonyl (C=O) groups is 1. The molecule has 60 heavy (non-hydrogen) atoms. The summed E-state index contributed by atoms with van der Waals surface area (Å²) >= 11 is 0. The van der Waals surface area contributed by atoms with Crippen LogP contribution in [0.1, 0.15) is 194 Å². The van der Waals surface area contributed by atoms with Crippen molar-refractivity contribution in [2.75, 3.05) is 26.4 Å². The molecule has 1 aliphatic heterocycles. The van der Waals surface area contributed by atoms with Crippen LogP contribution in [0.25, 0.3) is 0 Å². The van der Waals surface area contributed by atoms with E-state index in [1.165, 1.54) is 109 Å². The van der Waals surface area contributed by atoms with Crippen LogP contribution in [0.2, 0.25) is 0 Å². The second kappa shape index (κ2) is 39.0. The molecule has 1 aliphatic rings. The highest BCUT2D eigenvalue weighted by Gasteiger charge is 2.48. The first kappa shape index (κ1) is 56.3. The molecule has 0 aliphatic carbocycles. The first-order chi connectivity index (χ1) is 29.1. The SMILES string of the molecule is CCCCC/C=C\C/C=C\CCCCCCCCCCCC(=O)OC(COCCCCCCCC/C=C\CCCCCC)COC1OC(CO)C(O)C(OS(=O)(=O)O)C1O. The van der Waals surface area contributed by atoms with Gasteiger partial charge in [-0.05, 0) is 70.6 Å². The van der Waals surface area contributed by atoms with Gasteiger partial charge in [0.2, 0.25) is 0 Å². The zero-order chi connectivity index (χ0) is 43.9. The van der Waals surface area contributed by atoms with Gasteiger partial charge in [-0.15, -0.1) is 0 Å². The Morgan fingerprint density at radius 1 is 0.633 bits per heavy atom. The Balaban J connectivity index is 2.40. The first-order valence-electron chi connectivity index (χ1n) is 23.7. The maximum atomic E-state index is 12.9. The van der Waals surface area contributed by atoms with Crippen LogP contribution in [0.5, 0.6) is 0 Å². The van der Waals surface area contributed by atoms with E-state index in [-0.39, 0.29) is 19.6 Å². The van der Waals surface area contributed by atoms with Gasteiger partial charge in [-0.3, -0.25) is 9.35 Å². The second-order valence-electron chi connectivity index (χ2n) is 16.3. The van der Waals surface area contributed by atoms with Gasteiger partial charge in [0.15, 0.2) is 6.29 Å². The monoisotopic (exact) mass is 875 g/mol. The summed E-state index contributed by atoms with van der Waals surface area (Å²) < 4.78 is 59.1. The summed E-state index contributed by atoms with van der Waals surface area (Å²) in [7, 11) is -5.06. The number of esters is 1. The molecule has 6 unspecified atom stereocenters. The van der Waals surface area contributed by atoms with Crippen LogP contribution in [-0.2, 0) is 38.3 Å². The van der Waals surface area contributed by atoms with E-state index in [1.54, 1.807) is 0 Å². The Labute approximate surface area is 364 Å². The molecule has 0 aromatic carbocycles. The second-order valence-corrected chi connectivity index (χ2v) is 17.4. The van der Waals surface area contributed by atoms with Gasteiger partial charge in [-0.1, -0.05) is 153 Å². The van der Waals surface area contributed by atoms with Gasteiger partial charge in [0.1, 0.15) is 30.5 Å². The van der Waals surface area contributed by atoms with Crippen molar-refractivity contribution < 1.29 is 56.2 Å². The number of hydrogen-bond acceptors (Lipinski definition) is 11. The Hall–Kier alpha value is -1.68. The Bertz CT molecular complexity index is 1190. The van der Waals surface area contributed by atoms with Crippen LogP contribution in [0.3, 0.4) is 0 Å². The van der Waals surface area contributed by atoms with Crippen molar-refractivity contribution in [2.24, 2.45) is 0 Å². The third-order valence-electron chi connectivity index (χ3n) is 10.7. The lowest BCUT2D eigenvalue weighted by Crippen LogP contribution is -2.60. The van der Waals surface area contributed by atoms with E-state index in [4.69, 9.17) is 23.5 Å². The highest BCUT2D eigenvalue weighted by molar-refractivity contribution is 7.80. The van der Waals surface area contributed by atoms with Gasteiger partial charge in [-0.2, -0.15) is 8.42 Å². The average molecular weight is 875 g/mol. The van der Waals surface area contributed by atoms with E-state index in [0.29, 0.717) is 13.0 Å². The van der Waals surface area contributed by atoms with Gasteiger partial charge < -0.3 is 34.3 Å². The molecule has 0 aromatic rings. The quantitative estimate of drug-likeness (QED) is 0.0198. The largest absolute Gasteiger partial charge is 0.457 e. The molecule has 0 aromatic heterocycles. The smallest absolute Gasteiger partial charge is 0.397 e. The van der Waals surface area contributed by atoms with Crippen molar-refractivity contribution in [3.05, 3.63) is 36.5 Å². The first-order valence-corrected chi connectivity index (χ1v) is 25.1. The van der Waals surface area contributed by atoms with E-state index < -0.39 is 59.8 Å². The minimum Gasteiger partial charge on any atom is -0.457 e. The van der Waals surface area contributed by atoms with Gasteiger partial charge in [0.05, 0.1) is 19.8 Å². The number of allylic oxidation sites excluding steroid dienone is 6. The summed E-state index contributed by atoms with van der Waals surface area (Å²) in [6.45, 7) is 3.94. The van der Waals surface area contributed by atoms with Crippen LogP contribution in [0.4, 0.5) is 0 Å². The van der Waals surface area contributed by atoms with Crippen molar-refractivity contribution in [1.82, 2.24) is 0 Å². The molecular weight excluding hydrogens is 789 g/mol. The third kappa shape index (κ3) is 32.1. The van der Waals surface area contributed by atoms with Gasteiger partial charge in [0, 0.05) is 13.0 Å². The molecule has 352 valence electrons. The fourth-order valence-electron chi connectivity index (χ4n) is 7.11. The third-order valence-corrected chi connectivity index (χ3v) is 11.2. The minimum absolute atomic E-state index is 0.0309. The lowest BCUT2D eigenvalue weighted by Gasteiger charge is -2.41. The highest BCUT2D eigenvalue weighted by atomic mass is 32.3. The normalized spacial score (nSPS) is 20.5. The van der Waals surface area contributed by atoms with Crippen LogP contribution >= 0.6 is 0 Å². The van der Waals surface area contributed by atoms with Crippen molar-refractivity contribution in [2.45, 2.75) is 230 Å². The molecule has 1 rings (SSSR count). The standard InChI is InChI=1S/C47H86O12S/c1-3-5-7-9-11-13-15-17-19-20-21-22-23-24-26-28-30-32-34-36-43(49)57-41(39-55-37-35-33-31-29-27-25-18-16-14-12-10-8-6-4-2)40-56-47-45(51)46(59-60(52,53)54)44(50)42(38-48)58-47/h11,13-14,16-17,19,41-42,44-48,50-51H,3-10,12,15,18,20-40H2,1-2H3,(H,52,53,54)/b13-11-,16-14-,19-17-. The molecule has 0 spiro atoms. The predicted molar refractivity (Wildman–Crippen MR) is 239 cm³/mol. The van der Waals surface area contributed by atoms with Crippen molar-refractivity contribution in [3.8, 4) is 0 Å². The van der Waals surface area contributed by atoms with E-state index >= 15 is 0 Å². The summed E-state index contributed by atoms with van der Waals surface area (Å²) in [5.74, 6) is -0.406. The predicted octanol–water partition coefficient (Wildman–Crippen LogP) is 10.2. The molecule has 4 N–H and O–H groups in total. The maximum Gasteiger partial charge on any atom is 0.397 e. The molecule has 1 saturated heterocycles. The van der Waals surface area contributed by atoms with Crippen LogP contribution in [0, 0.1) is 0 Å². The molecule has 6 atom stereocenters. The summed E-state index contributed by atoms with van der Waals surface area (Å²) in [5.41, 5.74) is 0. The molecule has 0 saturated carbocycles. The molecule has 13 heteroatoms. The van der Waals surface area contributed by atoms with Crippen molar-refractivity contribution in [3.63, 3.8) is 0 Å². The van der Waals surface area contributed by atoms with Crippen molar-refractivity contribution in [1.29, 1.82) is 0 Å². The number of aliphatic hydroxyl groups excluding tert-OH is 3. The summed E-state index contributed by atoms with van der Waals surface area (Å²) in [6, 6.07) is 0. The lowest BCUT2D eigenvalue weighted by molar-refractivity contribution is -0.301. The van der Waals surface area contributed by atoms with Crippen LogP contribution in [0.15, 0.2) is 36.5 Å². The summed E-state index contributed by atoms with van der Waals surface area (Å²) in [6.07, 6.45) is 36.0. The number of ether oxygens (including phenoxy) is 4. The molecule has 12 nitrogen and oxygen atoms in total. The minimum atomic E-state index is -5.06. The van der Waals surface area contributed by atoms with Gasteiger partial charge >= 0.3 is 16.4 Å². The highest BCUT2D eigenvalue weighted by Crippen LogP contribution is 2.26. The molecule has 0 amide bonds. The van der Waals surface area contributed by atoms with Crippen molar-refractivity contribution >= 4 is 16.4 Å². The molecule has 1 heterocycles. The lowest BCUT2D eigenvalue weighted by atomic mass is 9.99. The zero-order valence-corrected chi connectivity index (χ0v) is 38.3. The number of aliphatic hydroxyl groups is 3. The van der Waals surface area contributed by atoms with E-state index in [2.05, 4.69) is 54.5 Å². The van der Waals surface area contributed by atoms with E-state index in [0.717, 1.165) is 57.8 Å². The van der Waals surface area contributed by atoms with Gasteiger partial charge in [0.25, 0.3) is 0 Å². The number of carbonyl (C=O) groups excluding carboxylic acids is 1. The van der Waals surface area contributed by atoms with Crippen LogP contribution in [-0.4, -0.2) is 97.5 Å². The van der Waals surface area contributed by atoms with Crippen LogP contribution < -0.4 is 0 Å². The summed E-state index contributed by atoms with van der Waals surface area (Å²) in [5, 5.41) is 30.7. The topological polar surface area (TPSA) is 178 Å². The number of unbranched alkanes of at least 4 members (excludes halogenated alkanes) is 22. The van der Waals surface area contributed by atoms with E-state index in [1.807, 2.05) is 0 Å². The fraction of sp³-hybridized carbons (Fsp3) is 0.851. The number of rotatable bonds is 41.